The van der Waals surface area contributed by atoms with Gasteiger partial charge in [0.15, 0.2) is 0 Å². The molecule has 0 fully saturated rings. The Hall–Kier alpha value is -14.7. The summed E-state index contributed by atoms with van der Waals surface area (Å²) in [6.07, 6.45) is 15.1. The minimum absolute atomic E-state index is 0.775. The molecule has 0 amide bonds. The molecule has 0 N–H and O–H groups in total. The Kier molecular flexibility index (Phi) is 14.9. The van der Waals surface area contributed by atoms with Crippen molar-refractivity contribution in [1.29, 1.82) is 0 Å². The molecule has 13 heteroatoms. The minimum atomic E-state index is 0.775. The molecule has 0 saturated heterocycles. The molecule has 0 atom stereocenters. The molecule has 0 saturated carbocycles. The first kappa shape index (κ1) is 61.2. The molecule has 13 nitrogen and oxygen atoms in total. The predicted octanol–water partition coefficient (Wildman–Crippen LogP) is 22.0. The lowest BCUT2D eigenvalue weighted by Crippen LogP contribution is -1.97. The summed E-state index contributed by atoms with van der Waals surface area (Å²) in [6.45, 7) is 0. The van der Waals surface area contributed by atoms with Gasteiger partial charge in [0.2, 0.25) is 0 Å². The molecule has 8 aromatic carbocycles. The highest BCUT2D eigenvalue weighted by Crippen LogP contribution is 2.39. The average Bonchev–Trinajstić information content (AvgIpc) is 1.61. The van der Waals surface area contributed by atoms with Crippen molar-refractivity contribution in [3.05, 3.63) is 359 Å². The van der Waals surface area contributed by atoms with E-state index in [0.717, 1.165) is 162 Å². The Morgan fingerprint density at radius 2 is 0.519 bits per heavy atom. The summed E-state index contributed by atoms with van der Waals surface area (Å²) >= 11 is 0. The third-order valence-corrected chi connectivity index (χ3v) is 20.1. The first-order chi connectivity index (χ1) is 52.6. The van der Waals surface area contributed by atoms with Crippen LogP contribution in [0, 0.1) is 0 Å². The lowest BCUT2D eigenvalue weighted by Gasteiger charge is -2.12. The number of aromatic nitrogens is 13. The maximum Gasteiger partial charge on any atom is 0.0963 e. The van der Waals surface area contributed by atoms with Gasteiger partial charge in [-0.1, -0.05) is 146 Å². The molecular weight excluding hydrogens is 1300 g/mol. The molecule has 106 heavy (non-hydrogen) atoms. The summed E-state index contributed by atoms with van der Waals surface area (Å²) < 4.78 is 9.11. The minimum Gasteiger partial charge on any atom is -0.309 e. The SMILES string of the molecule is c1cc(-c2ccc(-n3c4ccccc4c4cnccc43)cc2)nc(-c2cccc(-c3ccc(-n4c5ccccc5c5ccncc54)cc3)n2)c1.c1ccc(-c2cc(-c3ccc(-n4c5ccccc5c5ccncc54)cc3)nc(-c3cccc(-c4ccc(-n5c6ccccc6c6ncccc65)cc4)n3)c2)nc1. The van der Waals surface area contributed by atoms with Gasteiger partial charge in [-0.2, -0.15) is 0 Å². The number of hydrogen-bond acceptors (Lipinski definition) is 9. The summed E-state index contributed by atoms with van der Waals surface area (Å²) in [5.41, 5.74) is 27.0. The number of nitrogens with zero attached hydrogens (tertiary/aromatic N) is 13. The number of fused-ring (bicyclic) bond motifs is 12. The Bertz CT molecular complexity index is 6530. The third kappa shape index (κ3) is 10.7. The average molecular weight is 1360 g/mol. The van der Waals surface area contributed by atoms with E-state index < -0.39 is 0 Å². The molecular formula is C93H59N13. The Morgan fingerprint density at radius 3 is 1.02 bits per heavy atom. The molecule has 0 aliphatic heterocycles. The van der Waals surface area contributed by atoms with E-state index in [9.17, 15) is 0 Å². The van der Waals surface area contributed by atoms with Gasteiger partial charge in [-0.25, -0.2) is 19.9 Å². The van der Waals surface area contributed by atoms with Crippen molar-refractivity contribution in [1.82, 2.24) is 63.1 Å². The van der Waals surface area contributed by atoms with Crippen LogP contribution in [0.3, 0.4) is 0 Å². The second-order valence-corrected chi connectivity index (χ2v) is 26.2. The maximum atomic E-state index is 5.22. The van der Waals surface area contributed by atoms with Crippen LogP contribution < -0.4 is 0 Å². The molecule has 21 aromatic rings. The fourth-order valence-electron chi connectivity index (χ4n) is 15.2. The lowest BCUT2D eigenvalue weighted by atomic mass is 10.0. The number of rotatable bonds is 11. The molecule has 0 radical (unpaired) electrons. The highest BCUT2D eigenvalue weighted by Gasteiger charge is 2.20. The zero-order chi connectivity index (χ0) is 70.0. The Balaban J connectivity index is 0.000000141. The maximum absolute atomic E-state index is 5.22. The van der Waals surface area contributed by atoms with Gasteiger partial charge >= 0.3 is 0 Å². The number of hydrogen-bond donors (Lipinski definition) is 0. The molecule has 496 valence electrons. The van der Waals surface area contributed by atoms with Crippen molar-refractivity contribution in [3.8, 4) is 102 Å². The zero-order valence-corrected chi connectivity index (χ0v) is 56.9. The summed E-state index contributed by atoms with van der Waals surface area (Å²) in [4.78, 5) is 43.1. The van der Waals surface area contributed by atoms with E-state index in [1.807, 2.05) is 98.1 Å². The largest absolute Gasteiger partial charge is 0.309 e. The van der Waals surface area contributed by atoms with Gasteiger partial charge in [-0.3, -0.25) is 24.9 Å². The van der Waals surface area contributed by atoms with Crippen molar-refractivity contribution in [2.24, 2.45) is 0 Å². The molecule has 13 heterocycles. The molecule has 0 unspecified atom stereocenters. The van der Waals surface area contributed by atoms with Gasteiger partial charge in [0.05, 0.1) is 113 Å². The van der Waals surface area contributed by atoms with Gasteiger partial charge in [0, 0.05) is 125 Å². The Morgan fingerprint density at radius 1 is 0.179 bits per heavy atom. The first-order valence-corrected chi connectivity index (χ1v) is 35.2. The van der Waals surface area contributed by atoms with E-state index >= 15 is 0 Å². The highest BCUT2D eigenvalue weighted by atomic mass is 15.0. The van der Waals surface area contributed by atoms with Gasteiger partial charge in [0.1, 0.15) is 0 Å². The van der Waals surface area contributed by atoms with E-state index in [4.69, 9.17) is 29.9 Å². The van der Waals surface area contributed by atoms with Crippen LogP contribution in [0.5, 0.6) is 0 Å². The lowest BCUT2D eigenvalue weighted by molar-refractivity contribution is 1.16. The standard InChI is InChI=1S/C49H31N7.C44H28N6/c1-3-14-45-37(9-1)38-25-28-50-31-48(38)56(45)36-23-19-33(20-24-36)43-29-34(40-11-5-6-26-51-40)30-44(54-43)42-13-7-12-41(53-42)32-17-21-35(22-18-32)55-46-15-4-2-10-39(46)49-47(55)16-8-27-52-49;1-3-13-41-33(7-1)35-23-25-46-28-44(35)50(41)32-21-17-30(18-22-32)38-10-6-12-40(48-38)39-11-5-9-37(47-39)29-15-19-31(20-16-29)49-42-14-4-2-8-34(42)36-27-45-26-24-43(36)49/h1-31H;1-28H. The zero-order valence-electron chi connectivity index (χ0n) is 56.9. The van der Waals surface area contributed by atoms with Crippen molar-refractivity contribution in [3.63, 3.8) is 0 Å². The van der Waals surface area contributed by atoms with Crippen LogP contribution in [0.1, 0.15) is 0 Å². The third-order valence-electron chi connectivity index (χ3n) is 20.1. The van der Waals surface area contributed by atoms with Crippen molar-refractivity contribution in [2.75, 3.05) is 0 Å². The number of para-hydroxylation sites is 4. The second kappa shape index (κ2) is 25.7. The summed E-state index contributed by atoms with van der Waals surface area (Å²) in [5.74, 6) is 0. The van der Waals surface area contributed by atoms with Crippen LogP contribution in [0.15, 0.2) is 359 Å². The fourth-order valence-corrected chi connectivity index (χ4v) is 15.2. The van der Waals surface area contributed by atoms with Crippen LogP contribution in [0.2, 0.25) is 0 Å². The summed E-state index contributed by atoms with van der Waals surface area (Å²) in [6, 6.07) is 107. The van der Waals surface area contributed by atoms with Gasteiger partial charge in [-0.05, 0) is 164 Å². The van der Waals surface area contributed by atoms with E-state index in [2.05, 4.69) is 294 Å². The molecule has 0 aliphatic rings. The van der Waals surface area contributed by atoms with E-state index in [1.54, 1.807) is 0 Å². The first-order valence-electron chi connectivity index (χ1n) is 35.2. The van der Waals surface area contributed by atoms with Crippen LogP contribution in [-0.4, -0.2) is 63.1 Å². The molecule has 0 aliphatic carbocycles. The second-order valence-electron chi connectivity index (χ2n) is 26.2. The number of pyridine rings is 9. The van der Waals surface area contributed by atoms with Crippen molar-refractivity contribution < 1.29 is 0 Å². The topological polar surface area (TPSA) is 136 Å². The highest BCUT2D eigenvalue weighted by molar-refractivity contribution is 6.11. The van der Waals surface area contributed by atoms with E-state index in [1.165, 1.54) is 26.9 Å². The summed E-state index contributed by atoms with van der Waals surface area (Å²) in [5, 5.41) is 8.27. The molecule has 13 aromatic heterocycles. The Labute approximate surface area is 607 Å². The van der Waals surface area contributed by atoms with Crippen LogP contribution >= 0.6 is 0 Å². The van der Waals surface area contributed by atoms with Crippen LogP contribution in [0.4, 0.5) is 0 Å². The van der Waals surface area contributed by atoms with E-state index in [-0.39, 0.29) is 0 Å². The van der Waals surface area contributed by atoms with Crippen molar-refractivity contribution in [2.45, 2.75) is 0 Å². The van der Waals surface area contributed by atoms with Crippen LogP contribution in [0.25, 0.3) is 189 Å². The van der Waals surface area contributed by atoms with Gasteiger partial charge < -0.3 is 18.3 Å². The van der Waals surface area contributed by atoms with Crippen molar-refractivity contribution >= 4 is 87.4 Å². The number of benzene rings is 8. The quantitative estimate of drug-likeness (QED) is 0.124. The van der Waals surface area contributed by atoms with Crippen LogP contribution in [-0.2, 0) is 0 Å². The van der Waals surface area contributed by atoms with Gasteiger partial charge in [0.25, 0.3) is 0 Å². The van der Waals surface area contributed by atoms with Gasteiger partial charge in [-0.15, -0.1) is 0 Å². The molecule has 21 rings (SSSR count). The smallest absolute Gasteiger partial charge is 0.0963 e. The molecule has 0 spiro atoms. The fraction of sp³-hybridized carbons (Fsp3) is 0. The summed E-state index contributed by atoms with van der Waals surface area (Å²) in [7, 11) is 0. The monoisotopic (exact) mass is 1360 g/mol. The predicted molar refractivity (Wildman–Crippen MR) is 428 cm³/mol. The van der Waals surface area contributed by atoms with E-state index in [0.29, 0.717) is 0 Å². The normalized spacial score (nSPS) is 11.6. The molecule has 0 bridgehead atoms.